The molecule has 1 nitrogen and oxygen atoms in total. The molecule has 0 unspecified atom stereocenters. The van der Waals surface area contributed by atoms with E-state index in [9.17, 15) is 0 Å². The molecule has 2 aliphatic rings. The molecule has 2 heteroatoms. The van der Waals surface area contributed by atoms with Gasteiger partial charge in [0.05, 0.1) is 0 Å². The number of hydrogen-bond acceptors (Lipinski definition) is 2. The Balaban J connectivity index is 2.21. The van der Waals surface area contributed by atoms with Crippen molar-refractivity contribution in [1.29, 1.82) is 0 Å². The van der Waals surface area contributed by atoms with Crippen molar-refractivity contribution < 1.29 is 0 Å². The fourth-order valence-corrected chi connectivity index (χ4v) is 2.52. The van der Waals surface area contributed by atoms with Crippen molar-refractivity contribution in [2.24, 2.45) is 0 Å². The lowest BCUT2D eigenvalue weighted by molar-refractivity contribution is 0.588. The van der Waals surface area contributed by atoms with Crippen LogP contribution in [-0.2, 0) is 0 Å². The molecule has 3 rings (SSSR count). The maximum absolute atomic E-state index is 2.27. The summed E-state index contributed by atoms with van der Waals surface area (Å²) in [6.45, 7) is 0.998. The zero-order valence-electron chi connectivity index (χ0n) is 7.10. The second-order valence-corrected chi connectivity index (χ2v) is 4.09. The highest BCUT2D eigenvalue weighted by Crippen LogP contribution is 2.33. The van der Waals surface area contributed by atoms with Crippen LogP contribution in [0, 0.1) is 0 Å². The topological polar surface area (TPSA) is 3.24 Å². The summed E-state index contributed by atoms with van der Waals surface area (Å²) in [6, 6.07) is 2.20. The Labute approximate surface area is 81.3 Å². The van der Waals surface area contributed by atoms with Gasteiger partial charge in [0.1, 0.15) is 0 Å². The van der Waals surface area contributed by atoms with Crippen LogP contribution in [0.2, 0.25) is 0 Å². The van der Waals surface area contributed by atoms with Gasteiger partial charge in [-0.1, -0.05) is 12.2 Å². The van der Waals surface area contributed by atoms with Crippen molar-refractivity contribution in [3.05, 3.63) is 46.3 Å². The Morgan fingerprint density at radius 3 is 3.38 bits per heavy atom. The minimum Gasteiger partial charge on any atom is -0.344 e. The predicted molar refractivity (Wildman–Crippen MR) is 57.2 cm³/mol. The van der Waals surface area contributed by atoms with Gasteiger partial charge < -0.3 is 4.90 Å². The number of allylic oxidation sites excluding steroid dienone is 2. The van der Waals surface area contributed by atoms with Crippen LogP contribution in [0.25, 0.3) is 11.8 Å². The third-order valence-corrected chi connectivity index (χ3v) is 3.26. The second kappa shape index (κ2) is 2.60. The Kier molecular flexibility index (Phi) is 1.43. The van der Waals surface area contributed by atoms with Crippen molar-refractivity contribution in [2.75, 3.05) is 6.54 Å². The third kappa shape index (κ3) is 0.988. The molecular formula is C11H9NS. The van der Waals surface area contributed by atoms with Gasteiger partial charge in [-0.3, -0.25) is 0 Å². The molecule has 0 saturated heterocycles. The van der Waals surface area contributed by atoms with Gasteiger partial charge in [-0.15, -0.1) is 11.3 Å². The highest BCUT2D eigenvalue weighted by atomic mass is 32.1. The van der Waals surface area contributed by atoms with Crippen LogP contribution < -0.4 is 0 Å². The quantitative estimate of drug-likeness (QED) is 0.603. The highest BCUT2D eigenvalue weighted by Gasteiger charge is 2.17. The Hall–Kier alpha value is -1.28. The summed E-state index contributed by atoms with van der Waals surface area (Å²) in [5.41, 5.74) is 2.71. The maximum Gasteiger partial charge on any atom is 0.0497 e. The molecule has 0 spiro atoms. The minimum atomic E-state index is 0.998. The lowest BCUT2D eigenvalue weighted by Crippen LogP contribution is -2.19. The third-order valence-electron chi connectivity index (χ3n) is 2.38. The summed E-state index contributed by atoms with van der Waals surface area (Å²) in [4.78, 5) is 3.65. The van der Waals surface area contributed by atoms with Crippen molar-refractivity contribution >= 4 is 23.1 Å². The Morgan fingerprint density at radius 1 is 1.38 bits per heavy atom. The number of thiophene rings is 1. The van der Waals surface area contributed by atoms with E-state index in [1.807, 2.05) is 0 Å². The largest absolute Gasteiger partial charge is 0.344 e. The molecule has 0 N–H and O–H groups in total. The van der Waals surface area contributed by atoms with Gasteiger partial charge in [-0.05, 0) is 23.6 Å². The summed E-state index contributed by atoms with van der Waals surface area (Å²) in [6.07, 6.45) is 10.8. The lowest BCUT2D eigenvalue weighted by atomic mass is 10.1. The molecule has 1 aromatic heterocycles. The summed E-state index contributed by atoms with van der Waals surface area (Å²) in [5.74, 6) is 0. The molecule has 2 aliphatic heterocycles. The van der Waals surface area contributed by atoms with Crippen LogP contribution in [-0.4, -0.2) is 11.4 Å². The van der Waals surface area contributed by atoms with Gasteiger partial charge in [0, 0.05) is 28.9 Å². The first-order valence-electron chi connectivity index (χ1n) is 4.35. The number of nitrogens with zero attached hydrogens (tertiary/aromatic N) is 1. The first kappa shape index (κ1) is 7.15. The normalized spacial score (nSPS) is 18.2. The molecule has 0 fully saturated rings. The Bertz CT molecular complexity index is 423. The second-order valence-electron chi connectivity index (χ2n) is 3.15. The van der Waals surface area contributed by atoms with Gasteiger partial charge in [-0.2, -0.15) is 0 Å². The van der Waals surface area contributed by atoms with Crippen LogP contribution in [0.4, 0.5) is 0 Å². The van der Waals surface area contributed by atoms with E-state index in [0.717, 1.165) is 6.54 Å². The molecule has 0 atom stereocenters. The highest BCUT2D eigenvalue weighted by molar-refractivity contribution is 7.11. The van der Waals surface area contributed by atoms with Gasteiger partial charge in [0.25, 0.3) is 0 Å². The van der Waals surface area contributed by atoms with Gasteiger partial charge in [-0.25, -0.2) is 0 Å². The molecule has 0 aliphatic carbocycles. The van der Waals surface area contributed by atoms with E-state index in [0.29, 0.717) is 0 Å². The Morgan fingerprint density at radius 2 is 2.38 bits per heavy atom. The van der Waals surface area contributed by atoms with E-state index in [1.54, 1.807) is 11.3 Å². The van der Waals surface area contributed by atoms with E-state index in [4.69, 9.17) is 0 Å². The number of hydrogen-bond donors (Lipinski definition) is 0. The minimum absolute atomic E-state index is 0.998. The first-order valence-corrected chi connectivity index (χ1v) is 5.23. The van der Waals surface area contributed by atoms with Crippen LogP contribution in [0.3, 0.4) is 0 Å². The fourth-order valence-electron chi connectivity index (χ4n) is 1.73. The molecule has 0 amide bonds. The van der Waals surface area contributed by atoms with E-state index < -0.39 is 0 Å². The first-order chi connectivity index (χ1) is 6.45. The summed E-state index contributed by atoms with van der Waals surface area (Å²) in [7, 11) is 0. The molecule has 3 heterocycles. The van der Waals surface area contributed by atoms with Crippen LogP contribution in [0.15, 0.2) is 35.9 Å². The van der Waals surface area contributed by atoms with E-state index in [-0.39, 0.29) is 0 Å². The van der Waals surface area contributed by atoms with E-state index >= 15 is 0 Å². The molecule has 1 aromatic rings. The smallest absolute Gasteiger partial charge is 0.0497 e. The summed E-state index contributed by atoms with van der Waals surface area (Å²) in [5, 5.41) is 2.15. The van der Waals surface area contributed by atoms with Gasteiger partial charge in [0.15, 0.2) is 0 Å². The van der Waals surface area contributed by atoms with Crippen LogP contribution in [0.5, 0.6) is 0 Å². The summed E-state index contributed by atoms with van der Waals surface area (Å²) < 4.78 is 0. The zero-order valence-corrected chi connectivity index (χ0v) is 7.92. The van der Waals surface area contributed by atoms with E-state index in [2.05, 4.69) is 46.9 Å². The van der Waals surface area contributed by atoms with Crippen molar-refractivity contribution in [3.8, 4) is 0 Å². The van der Waals surface area contributed by atoms with Crippen LogP contribution in [0.1, 0.15) is 10.4 Å². The van der Waals surface area contributed by atoms with E-state index in [1.165, 1.54) is 16.1 Å². The fraction of sp³-hybridized carbons (Fsp3) is 0.0909. The van der Waals surface area contributed by atoms with Crippen molar-refractivity contribution in [2.45, 2.75) is 0 Å². The SMILES string of the molecule is C1=CCN2C=Cc3sccc3C2=C1. The maximum atomic E-state index is 2.27. The van der Waals surface area contributed by atoms with Crippen molar-refractivity contribution in [3.63, 3.8) is 0 Å². The monoisotopic (exact) mass is 187 g/mol. The van der Waals surface area contributed by atoms with Crippen molar-refractivity contribution in [1.82, 2.24) is 4.90 Å². The molecule has 0 bridgehead atoms. The van der Waals surface area contributed by atoms with Gasteiger partial charge >= 0.3 is 0 Å². The molecule has 64 valence electrons. The lowest BCUT2D eigenvalue weighted by Gasteiger charge is -2.27. The number of rotatable bonds is 0. The zero-order chi connectivity index (χ0) is 8.67. The predicted octanol–water partition coefficient (Wildman–Crippen LogP) is 2.95. The summed E-state index contributed by atoms with van der Waals surface area (Å²) >= 11 is 1.80. The molecule has 13 heavy (non-hydrogen) atoms. The van der Waals surface area contributed by atoms with Gasteiger partial charge in [0.2, 0.25) is 0 Å². The molecular weight excluding hydrogens is 178 g/mol. The average Bonchev–Trinajstić information content (AvgIpc) is 2.65. The average molecular weight is 187 g/mol. The van der Waals surface area contributed by atoms with Crippen LogP contribution >= 0.6 is 11.3 Å². The standard InChI is InChI=1S/C11H9NS/c1-2-6-12-7-4-11-9(5-8-13-11)10(12)3-1/h1-5,7-8H,6H2. The molecule has 0 radical (unpaired) electrons. The molecule has 0 saturated carbocycles. The molecule has 0 aromatic carbocycles. The number of fused-ring (bicyclic) bond motifs is 3.